The van der Waals surface area contributed by atoms with Gasteiger partial charge < -0.3 is 20.3 Å². The van der Waals surface area contributed by atoms with Gasteiger partial charge in [-0.25, -0.2) is 0 Å². The van der Waals surface area contributed by atoms with E-state index in [9.17, 15) is 0 Å². The van der Waals surface area contributed by atoms with Gasteiger partial charge in [-0.15, -0.1) is 24.0 Å². The van der Waals surface area contributed by atoms with Crippen LogP contribution in [0.1, 0.15) is 18.4 Å². The molecular formula is C17H31IN4O. The fourth-order valence-corrected chi connectivity index (χ4v) is 2.09. The van der Waals surface area contributed by atoms with Gasteiger partial charge in [0, 0.05) is 40.3 Å². The number of guanidine groups is 1. The second kappa shape index (κ2) is 13.6. The first-order valence-electron chi connectivity index (χ1n) is 7.84. The van der Waals surface area contributed by atoms with Crippen LogP contribution in [-0.2, 0) is 4.74 Å². The summed E-state index contributed by atoms with van der Waals surface area (Å²) in [4.78, 5) is 6.50. The highest BCUT2D eigenvalue weighted by Gasteiger charge is 2.06. The van der Waals surface area contributed by atoms with E-state index in [2.05, 4.69) is 58.8 Å². The minimum absolute atomic E-state index is 0. The number of nitrogens with one attached hydrogen (secondary N) is 2. The van der Waals surface area contributed by atoms with Gasteiger partial charge >= 0.3 is 0 Å². The first-order chi connectivity index (χ1) is 10.7. The number of rotatable bonds is 9. The summed E-state index contributed by atoms with van der Waals surface area (Å²) in [5.74, 6) is 1.30. The largest absolute Gasteiger partial charge is 0.383 e. The number of hydrogen-bond donors (Lipinski definition) is 2. The number of nitrogens with zero attached hydrogens (tertiary/aromatic N) is 2. The van der Waals surface area contributed by atoms with Gasteiger partial charge in [-0.3, -0.25) is 4.99 Å². The first kappa shape index (κ1) is 22.1. The lowest BCUT2D eigenvalue weighted by Gasteiger charge is -2.19. The fraction of sp³-hybridized carbons (Fsp3) is 0.588. The Morgan fingerprint density at radius 1 is 1.22 bits per heavy atom. The molecule has 0 aliphatic rings. The third kappa shape index (κ3) is 9.78. The molecule has 0 aromatic heterocycles. The summed E-state index contributed by atoms with van der Waals surface area (Å²) in [5, 5.41) is 6.72. The smallest absolute Gasteiger partial charge is 0.191 e. The zero-order valence-corrected chi connectivity index (χ0v) is 17.0. The van der Waals surface area contributed by atoms with Gasteiger partial charge in [0.15, 0.2) is 5.96 Å². The van der Waals surface area contributed by atoms with Crippen LogP contribution in [0.4, 0.5) is 0 Å². The minimum Gasteiger partial charge on any atom is -0.383 e. The molecule has 1 rings (SSSR count). The van der Waals surface area contributed by atoms with Crippen LogP contribution in [0.25, 0.3) is 0 Å². The number of aliphatic imine (C=N–C) groups is 1. The molecule has 0 aliphatic carbocycles. The number of ether oxygens (including phenoxy) is 1. The van der Waals surface area contributed by atoms with Crippen LogP contribution in [0.2, 0.25) is 0 Å². The van der Waals surface area contributed by atoms with Crippen molar-refractivity contribution in [3.8, 4) is 0 Å². The van der Waals surface area contributed by atoms with E-state index in [0.717, 1.165) is 38.7 Å². The van der Waals surface area contributed by atoms with E-state index in [-0.39, 0.29) is 24.0 Å². The molecule has 2 N–H and O–H groups in total. The summed E-state index contributed by atoms with van der Waals surface area (Å²) in [6, 6.07) is 10.5. The fourth-order valence-electron chi connectivity index (χ4n) is 2.09. The van der Waals surface area contributed by atoms with Crippen molar-refractivity contribution in [1.82, 2.24) is 15.5 Å². The SMILES string of the molecule is CN=C(NCCN(C)CCOC)NCC(C)c1ccccc1.I. The normalized spacial score (nSPS) is 12.7. The van der Waals surface area contributed by atoms with E-state index in [1.165, 1.54) is 5.56 Å². The molecule has 23 heavy (non-hydrogen) atoms. The van der Waals surface area contributed by atoms with Crippen molar-refractivity contribution in [2.45, 2.75) is 12.8 Å². The molecule has 132 valence electrons. The quantitative estimate of drug-likeness (QED) is 0.355. The Morgan fingerprint density at radius 3 is 2.52 bits per heavy atom. The molecule has 1 aromatic rings. The van der Waals surface area contributed by atoms with Crippen LogP contribution in [0.3, 0.4) is 0 Å². The van der Waals surface area contributed by atoms with Gasteiger partial charge in [-0.05, 0) is 18.5 Å². The molecule has 5 nitrogen and oxygen atoms in total. The van der Waals surface area contributed by atoms with Gasteiger partial charge in [-0.2, -0.15) is 0 Å². The third-order valence-electron chi connectivity index (χ3n) is 3.63. The van der Waals surface area contributed by atoms with E-state index < -0.39 is 0 Å². The van der Waals surface area contributed by atoms with Crippen molar-refractivity contribution in [3.05, 3.63) is 35.9 Å². The Morgan fingerprint density at radius 2 is 1.91 bits per heavy atom. The zero-order chi connectivity index (χ0) is 16.2. The molecule has 1 atom stereocenters. The molecule has 6 heteroatoms. The van der Waals surface area contributed by atoms with Crippen molar-refractivity contribution in [2.75, 3.05) is 54.0 Å². The standard InChI is InChI=1S/C17H30N4O.HI/c1-15(16-8-6-5-7-9-16)14-20-17(18-2)19-10-11-21(3)12-13-22-4;/h5-9,15H,10-14H2,1-4H3,(H2,18,19,20);1H. The van der Waals surface area contributed by atoms with Crippen LogP contribution in [-0.4, -0.2) is 64.9 Å². The van der Waals surface area contributed by atoms with Crippen molar-refractivity contribution in [2.24, 2.45) is 4.99 Å². The van der Waals surface area contributed by atoms with Gasteiger partial charge in [0.25, 0.3) is 0 Å². The topological polar surface area (TPSA) is 48.9 Å². The second-order valence-corrected chi connectivity index (χ2v) is 5.49. The number of likely N-dealkylation sites (N-methyl/N-ethyl adjacent to an activating group) is 1. The highest BCUT2D eigenvalue weighted by atomic mass is 127. The van der Waals surface area contributed by atoms with Gasteiger partial charge in [0.1, 0.15) is 0 Å². The predicted molar refractivity (Wildman–Crippen MR) is 109 cm³/mol. The maximum absolute atomic E-state index is 5.07. The molecule has 0 aliphatic heterocycles. The van der Waals surface area contributed by atoms with Crippen molar-refractivity contribution < 1.29 is 4.74 Å². The Kier molecular flexibility index (Phi) is 13.1. The summed E-state index contributed by atoms with van der Waals surface area (Å²) in [7, 11) is 5.62. The Balaban J connectivity index is 0.00000484. The molecule has 0 saturated carbocycles. The Bertz CT molecular complexity index is 428. The monoisotopic (exact) mass is 434 g/mol. The Labute approximate surface area is 157 Å². The summed E-state index contributed by atoms with van der Waals surface area (Å²) < 4.78 is 5.07. The number of hydrogen-bond acceptors (Lipinski definition) is 3. The molecule has 0 spiro atoms. The van der Waals surface area contributed by atoms with Gasteiger partial charge in [0.05, 0.1) is 6.61 Å². The zero-order valence-electron chi connectivity index (χ0n) is 14.7. The molecule has 0 amide bonds. The van der Waals surface area contributed by atoms with Crippen molar-refractivity contribution >= 4 is 29.9 Å². The summed E-state index contributed by atoms with van der Waals surface area (Å²) in [6.07, 6.45) is 0. The average Bonchev–Trinajstić information content (AvgIpc) is 2.56. The number of benzene rings is 1. The number of halogens is 1. The molecule has 1 aromatic carbocycles. The van der Waals surface area contributed by atoms with Crippen LogP contribution in [0, 0.1) is 0 Å². The second-order valence-electron chi connectivity index (χ2n) is 5.49. The Hall–Kier alpha value is -0.860. The lowest BCUT2D eigenvalue weighted by Crippen LogP contribution is -2.42. The lowest BCUT2D eigenvalue weighted by atomic mass is 10.0. The van der Waals surface area contributed by atoms with Crippen molar-refractivity contribution in [1.29, 1.82) is 0 Å². The predicted octanol–water partition coefficient (Wildman–Crippen LogP) is 2.15. The molecule has 0 radical (unpaired) electrons. The van der Waals surface area contributed by atoms with Crippen LogP contribution in [0.15, 0.2) is 35.3 Å². The summed E-state index contributed by atoms with van der Waals surface area (Å²) in [5.41, 5.74) is 1.34. The van der Waals surface area contributed by atoms with Gasteiger partial charge in [-0.1, -0.05) is 37.3 Å². The number of methoxy groups -OCH3 is 1. The van der Waals surface area contributed by atoms with Crippen LogP contribution in [0.5, 0.6) is 0 Å². The van der Waals surface area contributed by atoms with Crippen LogP contribution >= 0.6 is 24.0 Å². The molecule has 1 unspecified atom stereocenters. The molecular weight excluding hydrogens is 403 g/mol. The highest BCUT2D eigenvalue weighted by Crippen LogP contribution is 2.12. The van der Waals surface area contributed by atoms with E-state index >= 15 is 0 Å². The maximum Gasteiger partial charge on any atom is 0.191 e. The van der Waals surface area contributed by atoms with Gasteiger partial charge in [0.2, 0.25) is 0 Å². The third-order valence-corrected chi connectivity index (χ3v) is 3.63. The van der Waals surface area contributed by atoms with E-state index in [4.69, 9.17) is 4.74 Å². The van der Waals surface area contributed by atoms with Crippen molar-refractivity contribution in [3.63, 3.8) is 0 Å². The molecule has 0 heterocycles. The minimum atomic E-state index is 0. The van der Waals surface area contributed by atoms with E-state index in [1.807, 2.05) is 6.07 Å². The molecule has 0 fully saturated rings. The highest BCUT2D eigenvalue weighted by molar-refractivity contribution is 14.0. The molecule has 0 bridgehead atoms. The summed E-state index contributed by atoms with van der Waals surface area (Å²) >= 11 is 0. The molecule has 0 saturated heterocycles. The van der Waals surface area contributed by atoms with E-state index in [0.29, 0.717) is 5.92 Å². The van der Waals surface area contributed by atoms with E-state index in [1.54, 1.807) is 14.2 Å². The average molecular weight is 434 g/mol. The maximum atomic E-state index is 5.07. The lowest BCUT2D eigenvalue weighted by molar-refractivity contribution is 0.162. The summed E-state index contributed by atoms with van der Waals surface area (Å²) in [6.45, 7) is 6.60. The van der Waals surface area contributed by atoms with Crippen LogP contribution < -0.4 is 10.6 Å². The first-order valence-corrected chi connectivity index (χ1v) is 7.84.